The van der Waals surface area contributed by atoms with Crippen LogP contribution in [0.1, 0.15) is 18.1 Å². The summed E-state index contributed by atoms with van der Waals surface area (Å²) in [4.78, 5) is 2.20. The highest BCUT2D eigenvalue weighted by molar-refractivity contribution is 5.43. The second-order valence-electron chi connectivity index (χ2n) is 6.22. The van der Waals surface area contributed by atoms with Crippen LogP contribution in [0, 0.1) is 0 Å². The van der Waals surface area contributed by atoms with E-state index in [0.717, 1.165) is 25.2 Å². The maximum Gasteiger partial charge on any atom is 0.387 e. The van der Waals surface area contributed by atoms with Gasteiger partial charge < -0.3 is 15.2 Å². The first-order chi connectivity index (χ1) is 12.1. The number of nitrogens with zero attached hydrogens (tertiary/aromatic N) is 1. The number of anilines is 1. The molecule has 0 spiro atoms. The van der Waals surface area contributed by atoms with Crippen LogP contribution in [0.25, 0.3) is 0 Å². The highest BCUT2D eigenvalue weighted by atomic mass is 19.3. The number of rotatable bonds is 7. The Labute approximate surface area is 146 Å². The quantitative estimate of drug-likeness (QED) is 0.804. The number of likely N-dealkylation sites (tertiary alicyclic amines) is 1. The molecule has 3 rings (SSSR count). The van der Waals surface area contributed by atoms with Crippen LogP contribution in [-0.2, 0) is 0 Å². The van der Waals surface area contributed by atoms with E-state index >= 15 is 0 Å². The van der Waals surface area contributed by atoms with Gasteiger partial charge in [-0.25, -0.2) is 0 Å². The molecule has 25 heavy (non-hydrogen) atoms. The second-order valence-corrected chi connectivity index (χ2v) is 6.22. The van der Waals surface area contributed by atoms with Crippen molar-refractivity contribution in [3.63, 3.8) is 0 Å². The van der Waals surface area contributed by atoms with E-state index < -0.39 is 12.7 Å². The number of para-hydroxylation sites is 1. The Kier molecular flexibility index (Phi) is 5.83. The van der Waals surface area contributed by atoms with Crippen molar-refractivity contribution in [3.05, 3.63) is 60.2 Å². The fraction of sp³-hybridized carbons (Fsp3) is 0.368. The van der Waals surface area contributed by atoms with Gasteiger partial charge in [-0.15, -0.1) is 0 Å². The first kappa shape index (κ1) is 17.6. The molecule has 2 aromatic rings. The van der Waals surface area contributed by atoms with Crippen molar-refractivity contribution in [1.29, 1.82) is 0 Å². The molecule has 0 bridgehead atoms. The first-order valence-electron chi connectivity index (χ1n) is 8.37. The van der Waals surface area contributed by atoms with Crippen LogP contribution in [0.4, 0.5) is 14.5 Å². The summed E-state index contributed by atoms with van der Waals surface area (Å²) in [6.45, 7) is -0.552. The molecule has 1 aliphatic heterocycles. The number of ether oxygens (including phenoxy) is 1. The SMILES string of the molecule is OC(CN1CCC(Nc2ccccc2)C1)c1ccc(OC(F)F)cc1. The monoisotopic (exact) mass is 348 g/mol. The van der Waals surface area contributed by atoms with E-state index in [1.165, 1.54) is 12.1 Å². The molecule has 2 aromatic carbocycles. The topological polar surface area (TPSA) is 44.7 Å². The number of hydrogen-bond acceptors (Lipinski definition) is 4. The van der Waals surface area contributed by atoms with Crippen molar-refractivity contribution < 1.29 is 18.6 Å². The molecule has 0 amide bonds. The van der Waals surface area contributed by atoms with Crippen molar-refractivity contribution in [1.82, 2.24) is 4.90 Å². The van der Waals surface area contributed by atoms with Crippen LogP contribution in [-0.4, -0.2) is 42.3 Å². The summed E-state index contributed by atoms with van der Waals surface area (Å²) < 4.78 is 28.6. The van der Waals surface area contributed by atoms with E-state index in [-0.39, 0.29) is 5.75 Å². The number of β-amino-alcohol motifs (C(OH)–C–C–N with tert-alkyl or cyclic N) is 1. The van der Waals surface area contributed by atoms with Gasteiger partial charge >= 0.3 is 6.61 Å². The molecule has 1 heterocycles. The largest absolute Gasteiger partial charge is 0.435 e. The summed E-state index contributed by atoms with van der Waals surface area (Å²) in [7, 11) is 0. The Morgan fingerprint density at radius 2 is 1.84 bits per heavy atom. The molecule has 0 radical (unpaired) electrons. The van der Waals surface area contributed by atoms with Gasteiger partial charge in [-0.2, -0.15) is 8.78 Å². The average Bonchev–Trinajstić information content (AvgIpc) is 3.02. The minimum absolute atomic E-state index is 0.0965. The molecule has 2 atom stereocenters. The van der Waals surface area contributed by atoms with E-state index in [0.29, 0.717) is 18.2 Å². The van der Waals surface area contributed by atoms with Gasteiger partial charge in [-0.1, -0.05) is 30.3 Å². The molecule has 2 unspecified atom stereocenters. The highest BCUT2D eigenvalue weighted by Crippen LogP contribution is 2.22. The van der Waals surface area contributed by atoms with Crippen LogP contribution < -0.4 is 10.1 Å². The van der Waals surface area contributed by atoms with Gasteiger partial charge in [0.05, 0.1) is 6.10 Å². The lowest BCUT2D eigenvalue weighted by Crippen LogP contribution is -2.29. The van der Waals surface area contributed by atoms with Crippen molar-refractivity contribution in [2.75, 3.05) is 25.0 Å². The van der Waals surface area contributed by atoms with Gasteiger partial charge in [0.2, 0.25) is 0 Å². The van der Waals surface area contributed by atoms with Gasteiger partial charge in [-0.3, -0.25) is 4.90 Å². The molecule has 1 fully saturated rings. The zero-order chi connectivity index (χ0) is 17.6. The number of alkyl halides is 2. The third kappa shape index (κ3) is 5.14. The van der Waals surface area contributed by atoms with Crippen molar-refractivity contribution in [2.24, 2.45) is 0 Å². The van der Waals surface area contributed by atoms with E-state index in [1.54, 1.807) is 12.1 Å². The molecule has 2 N–H and O–H groups in total. The third-order valence-electron chi connectivity index (χ3n) is 4.34. The summed E-state index contributed by atoms with van der Waals surface area (Å²) in [6, 6.07) is 16.6. The normalized spacial score (nSPS) is 19.1. The zero-order valence-corrected chi connectivity index (χ0v) is 13.8. The average molecular weight is 348 g/mol. The second kappa shape index (κ2) is 8.27. The van der Waals surface area contributed by atoms with E-state index in [1.807, 2.05) is 30.3 Å². The molecule has 134 valence electrons. The summed E-state index contributed by atoms with van der Waals surface area (Å²) in [6.07, 6.45) is 0.360. The molecule has 0 aromatic heterocycles. The van der Waals surface area contributed by atoms with Gasteiger partial charge in [0.25, 0.3) is 0 Å². The lowest BCUT2D eigenvalue weighted by molar-refractivity contribution is -0.0498. The number of aliphatic hydroxyl groups excluding tert-OH is 1. The summed E-state index contributed by atoms with van der Waals surface area (Å²) in [5.74, 6) is 0.0965. The Morgan fingerprint density at radius 3 is 2.52 bits per heavy atom. The predicted octanol–water partition coefficient (Wildman–Crippen LogP) is 3.51. The minimum Gasteiger partial charge on any atom is -0.435 e. The molecule has 0 saturated carbocycles. The molecule has 6 heteroatoms. The number of benzene rings is 2. The molecule has 1 aliphatic rings. The van der Waals surface area contributed by atoms with Gasteiger partial charge in [0.15, 0.2) is 0 Å². The van der Waals surface area contributed by atoms with Gasteiger partial charge in [-0.05, 0) is 36.2 Å². The number of halogens is 2. The van der Waals surface area contributed by atoms with Crippen LogP contribution in [0.2, 0.25) is 0 Å². The van der Waals surface area contributed by atoms with Crippen LogP contribution in [0.15, 0.2) is 54.6 Å². The zero-order valence-electron chi connectivity index (χ0n) is 13.8. The van der Waals surface area contributed by atoms with Crippen LogP contribution in [0.5, 0.6) is 5.75 Å². The van der Waals surface area contributed by atoms with Crippen molar-refractivity contribution in [2.45, 2.75) is 25.2 Å². The smallest absolute Gasteiger partial charge is 0.387 e. The lowest BCUT2D eigenvalue weighted by Gasteiger charge is -2.21. The van der Waals surface area contributed by atoms with E-state index in [2.05, 4.69) is 15.0 Å². The van der Waals surface area contributed by atoms with E-state index in [9.17, 15) is 13.9 Å². The molecule has 4 nitrogen and oxygen atoms in total. The lowest BCUT2D eigenvalue weighted by atomic mass is 10.1. The van der Waals surface area contributed by atoms with Crippen molar-refractivity contribution in [3.8, 4) is 5.75 Å². The molecule has 0 aliphatic carbocycles. The predicted molar refractivity (Wildman–Crippen MR) is 92.9 cm³/mol. The molecule has 1 saturated heterocycles. The number of nitrogens with one attached hydrogen (secondary N) is 1. The minimum atomic E-state index is -2.84. The fourth-order valence-electron chi connectivity index (χ4n) is 3.11. The number of aliphatic hydroxyl groups is 1. The summed E-state index contributed by atoms with van der Waals surface area (Å²) in [5.41, 5.74) is 1.80. The molecular formula is C19H22F2N2O2. The Balaban J connectivity index is 1.49. The summed E-state index contributed by atoms with van der Waals surface area (Å²) in [5, 5.41) is 13.9. The Hall–Kier alpha value is -2.18. The molecular weight excluding hydrogens is 326 g/mol. The maximum absolute atomic E-state index is 12.2. The Bertz CT molecular complexity index is 652. The standard InChI is InChI=1S/C19H22F2N2O2/c20-19(21)25-17-8-6-14(7-9-17)18(24)13-23-11-10-16(12-23)22-15-4-2-1-3-5-15/h1-9,16,18-19,22,24H,10-13H2. The Morgan fingerprint density at radius 1 is 1.12 bits per heavy atom. The van der Waals surface area contributed by atoms with Crippen LogP contribution in [0.3, 0.4) is 0 Å². The van der Waals surface area contributed by atoms with Crippen LogP contribution >= 0.6 is 0 Å². The first-order valence-corrected chi connectivity index (χ1v) is 8.37. The van der Waals surface area contributed by atoms with Gasteiger partial charge in [0.1, 0.15) is 5.75 Å². The maximum atomic E-state index is 12.2. The summed E-state index contributed by atoms with van der Waals surface area (Å²) >= 11 is 0. The van der Waals surface area contributed by atoms with Gasteiger partial charge in [0, 0.05) is 31.4 Å². The van der Waals surface area contributed by atoms with E-state index in [4.69, 9.17) is 0 Å². The number of hydrogen-bond donors (Lipinski definition) is 2. The fourth-order valence-corrected chi connectivity index (χ4v) is 3.11. The third-order valence-corrected chi connectivity index (χ3v) is 4.34. The van der Waals surface area contributed by atoms with Crippen molar-refractivity contribution >= 4 is 5.69 Å². The highest BCUT2D eigenvalue weighted by Gasteiger charge is 2.24.